The molecule has 5 heterocycles. The SMILES string of the molecule is C[C@H]1COCCN1c1nc(N2CCO[C@@H]3CCC[C@@H]32)nc2nc(-c3cccc(C4=NCC(C)(C)N4)c3)ccc12. The minimum Gasteiger partial charge on any atom is -0.377 e. The molecule has 9 heteroatoms. The molecule has 7 rings (SSSR count). The van der Waals surface area contributed by atoms with E-state index in [2.05, 4.69) is 72.3 Å². The van der Waals surface area contributed by atoms with Crippen LogP contribution < -0.4 is 15.1 Å². The molecule has 1 saturated carbocycles. The highest BCUT2D eigenvalue weighted by atomic mass is 16.5. The molecule has 1 N–H and O–H groups in total. The van der Waals surface area contributed by atoms with Gasteiger partial charge in [0.1, 0.15) is 11.7 Å². The van der Waals surface area contributed by atoms with E-state index >= 15 is 0 Å². The molecule has 0 spiro atoms. The monoisotopic (exact) mass is 527 g/mol. The molecule has 0 unspecified atom stereocenters. The molecule has 1 aliphatic carbocycles. The van der Waals surface area contributed by atoms with Crippen LogP contribution in [0.25, 0.3) is 22.3 Å². The van der Waals surface area contributed by atoms with E-state index in [1.54, 1.807) is 0 Å². The molecule has 2 aromatic heterocycles. The van der Waals surface area contributed by atoms with Crippen LogP contribution in [0.3, 0.4) is 0 Å². The van der Waals surface area contributed by atoms with E-state index in [4.69, 9.17) is 29.4 Å². The number of pyridine rings is 1. The van der Waals surface area contributed by atoms with E-state index in [9.17, 15) is 0 Å². The molecular weight excluding hydrogens is 490 g/mol. The second-order valence-electron chi connectivity index (χ2n) is 11.9. The molecule has 0 bridgehead atoms. The van der Waals surface area contributed by atoms with Crippen LogP contribution in [0.1, 0.15) is 45.6 Å². The van der Waals surface area contributed by atoms with E-state index < -0.39 is 0 Å². The molecule has 9 nitrogen and oxygen atoms in total. The van der Waals surface area contributed by atoms with Gasteiger partial charge in [0, 0.05) is 24.2 Å². The number of nitrogens with one attached hydrogen (secondary N) is 1. The predicted octanol–water partition coefficient (Wildman–Crippen LogP) is 3.80. The minimum atomic E-state index is -0.0231. The molecule has 39 heavy (non-hydrogen) atoms. The smallest absolute Gasteiger partial charge is 0.229 e. The zero-order valence-electron chi connectivity index (χ0n) is 23.1. The molecule has 0 amide bonds. The van der Waals surface area contributed by atoms with Crippen molar-refractivity contribution in [3.8, 4) is 11.3 Å². The van der Waals surface area contributed by atoms with Crippen LogP contribution in [0.5, 0.6) is 0 Å². The van der Waals surface area contributed by atoms with Crippen molar-refractivity contribution in [1.82, 2.24) is 20.3 Å². The number of rotatable bonds is 4. The van der Waals surface area contributed by atoms with Crippen molar-refractivity contribution in [1.29, 1.82) is 0 Å². The summed E-state index contributed by atoms with van der Waals surface area (Å²) in [5.74, 6) is 2.65. The second-order valence-corrected chi connectivity index (χ2v) is 11.9. The van der Waals surface area contributed by atoms with Gasteiger partial charge in [-0.1, -0.05) is 18.2 Å². The fourth-order valence-electron chi connectivity index (χ4n) is 6.37. The molecule has 2 saturated heterocycles. The predicted molar refractivity (Wildman–Crippen MR) is 154 cm³/mol. The lowest BCUT2D eigenvalue weighted by Crippen LogP contribution is -2.49. The van der Waals surface area contributed by atoms with Gasteiger partial charge >= 0.3 is 0 Å². The molecule has 3 atom stereocenters. The molecule has 204 valence electrons. The van der Waals surface area contributed by atoms with Gasteiger partial charge in [-0.25, -0.2) is 4.98 Å². The number of aliphatic imine (C=N–C) groups is 1. The highest BCUT2D eigenvalue weighted by Gasteiger charge is 2.38. The Labute approximate surface area is 229 Å². The van der Waals surface area contributed by atoms with Gasteiger partial charge in [0.2, 0.25) is 5.95 Å². The Bertz CT molecular complexity index is 1420. The van der Waals surface area contributed by atoms with Crippen LogP contribution in [0.4, 0.5) is 11.8 Å². The van der Waals surface area contributed by atoms with Crippen LogP contribution in [0.2, 0.25) is 0 Å². The maximum atomic E-state index is 6.09. The van der Waals surface area contributed by atoms with Crippen LogP contribution in [-0.2, 0) is 9.47 Å². The van der Waals surface area contributed by atoms with Crippen molar-refractivity contribution < 1.29 is 9.47 Å². The first-order valence-corrected chi connectivity index (χ1v) is 14.3. The Morgan fingerprint density at radius 3 is 2.69 bits per heavy atom. The van der Waals surface area contributed by atoms with E-state index in [0.717, 1.165) is 77.9 Å². The lowest BCUT2D eigenvalue weighted by atomic mass is 10.0. The average molecular weight is 528 g/mol. The number of ether oxygens (including phenoxy) is 2. The summed E-state index contributed by atoms with van der Waals surface area (Å²) in [5.41, 5.74) is 3.73. The van der Waals surface area contributed by atoms with Gasteiger partial charge < -0.3 is 24.6 Å². The van der Waals surface area contributed by atoms with Crippen LogP contribution in [0, 0.1) is 0 Å². The van der Waals surface area contributed by atoms with E-state index in [1.165, 1.54) is 6.42 Å². The van der Waals surface area contributed by atoms with Gasteiger partial charge in [-0.3, -0.25) is 4.99 Å². The number of anilines is 2. The highest BCUT2D eigenvalue weighted by Crippen LogP contribution is 2.35. The van der Waals surface area contributed by atoms with Gasteiger partial charge in [0.25, 0.3) is 0 Å². The molecule has 0 radical (unpaired) electrons. The van der Waals surface area contributed by atoms with Crippen molar-refractivity contribution in [2.24, 2.45) is 4.99 Å². The van der Waals surface area contributed by atoms with Gasteiger partial charge in [-0.15, -0.1) is 0 Å². The van der Waals surface area contributed by atoms with Crippen LogP contribution in [-0.4, -0.2) is 84.0 Å². The molecule has 4 aliphatic rings. The largest absolute Gasteiger partial charge is 0.377 e. The molecule has 3 fully saturated rings. The van der Waals surface area contributed by atoms with Gasteiger partial charge in [0.05, 0.1) is 61.2 Å². The fraction of sp³-hybridized carbons (Fsp3) is 0.533. The van der Waals surface area contributed by atoms with Crippen molar-refractivity contribution >= 4 is 28.6 Å². The maximum Gasteiger partial charge on any atom is 0.229 e. The van der Waals surface area contributed by atoms with Gasteiger partial charge in [-0.2, -0.15) is 9.97 Å². The lowest BCUT2D eigenvalue weighted by molar-refractivity contribution is 0.0250. The summed E-state index contributed by atoms with van der Waals surface area (Å²) in [6.45, 7) is 11.0. The van der Waals surface area contributed by atoms with Crippen molar-refractivity contribution in [3.05, 3.63) is 42.0 Å². The average Bonchev–Trinajstić information content (AvgIpc) is 3.58. The Kier molecular flexibility index (Phi) is 6.16. The first-order valence-electron chi connectivity index (χ1n) is 14.3. The fourth-order valence-corrected chi connectivity index (χ4v) is 6.37. The second kappa shape index (κ2) is 9.71. The number of aromatic nitrogens is 3. The lowest BCUT2D eigenvalue weighted by Gasteiger charge is -2.39. The summed E-state index contributed by atoms with van der Waals surface area (Å²) < 4.78 is 11.8. The molecule has 3 aliphatic heterocycles. The third-order valence-corrected chi connectivity index (χ3v) is 8.43. The molecular formula is C30H37N7O2. The number of hydrogen-bond donors (Lipinski definition) is 1. The summed E-state index contributed by atoms with van der Waals surface area (Å²) in [5, 5.41) is 4.52. The topological polar surface area (TPSA) is 88.0 Å². The zero-order valence-corrected chi connectivity index (χ0v) is 23.1. The Hall–Kier alpha value is -3.30. The van der Waals surface area contributed by atoms with Gasteiger partial charge in [0.15, 0.2) is 5.65 Å². The Morgan fingerprint density at radius 2 is 1.85 bits per heavy atom. The van der Waals surface area contributed by atoms with Crippen molar-refractivity contribution in [2.75, 3.05) is 49.3 Å². The van der Waals surface area contributed by atoms with Crippen LogP contribution >= 0.6 is 0 Å². The zero-order chi connectivity index (χ0) is 26.6. The molecule has 3 aromatic rings. The van der Waals surface area contributed by atoms with E-state index in [1.807, 2.05) is 0 Å². The molecule has 1 aromatic carbocycles. The normalized spacial score (nSPS) is 26.4. The third kappa shape index (κ3) is 4.61. The van der Waals surface area contributed by atoms with Crippen molar-refractivity contribution in [3.63, 3.8) is 0 Å². The minimum absolute atomic E-state index is 0.0231. The summed E-state index contributed by atoms with van der Waals surface area (Å²) in [6, 6.07) is 13.2. The number of fused-ring (bicyclic) bond motifs is 2. The number of morpholine rings is 2. The third-order valence-electron chi connectivity index (χ3n) is 8.43. The van der Waals surface area contributed by atoms with E-state index in [0.29, 0.717) is 25.9 Å². The first-order chi connectivity index (χ1) is 18.9. The Balaban J connectivity index is 1.31. The first kappa shape index (κ1) is 24.7. The Morgan fingerprint density at radius 1 is 0.974 bits per heavy atom. The summed E-state index contributed by atoms with van der Waals surface area (Å²) >= 11 is 0. The number of benzene rings is 1. The standard InChI is InChI=1S/C30H37N7O2/c1-19-17-38-14-12-36(19)28-22-10-11-23(20-6-4-7-21(16-20)26-31-18-30(2,3)35-26)32-27(22)33-29(34-28)37-13-15-39-25-9-5-8-24(25)37/h4,6-7,10-11,16,19,24-25H,5,8-9,12-15,17-18H2,1-3H3,(H,31,35)/t19-,24-,25+/m0/s1. The van der Waals surface area contributed by atoms with Crippen LogP contribution in [0.15, 0.2) is 41.4 Å². The summed E-state index contributed by atoms with van der Waals surface area (Å²) in [7, 11) is 0. The number of hydrogen-bond acceptors (Lipinski definition) is 9. The summed E-state index contributed by atoms with van der Waals surface area (Å²) in [4.78, 5) is 24.9. The number of nitrogens with zero attached hydrogens (tertiary/aromatic N) is 6. The maximum absolute atomic E-state index is 6.09. The highest BCUT2D eigenvalue weighted by molar-refractivity contribution is 6.01. The number of amidine groups is 1. The quantitative estimate of drug-likeness (QED) is 0.548. The summed E-state index contributed by atoms with van der Waals surface area (Å²) in [6.07, 6.45) is 3.67. The van der Waals surface area contributed by atoms with Crippen molar-refractivity contribution in [2.45, 2.75) is 63.8 Å². The van der Waals surface area contributed by atoms with Gasteiger partial charge in [-0.05, 0) is 58.2 Å². The van der Waals surface area contributed by atoms with E-state index in [-0.39, 0.29) is 17.7 Å².